The van der Waals surface area contributed by atoms with Gasteiger partial charge in [-0.2, -0.15) is 0 Å². The van der Waals surface area contributed by atoms with Gasteiger partial charge in [0.25, 0.3) is 17.1 Å². The van der Waals surface area contributed by atoms with Crippen molar-refractivity contribution in [1.82, 2.24) is 4.90 Å². The molecule has 7 nitrogen and oxygen atoms in total. The quantitative estimate of drug-likeness (QED) is 0.406. The minimum atomic E-state index is -0.333. The Morgan fingerprint density at radius 1 is 1.00 bits per heavy atom. The molecular formula is C28H26N2O5S. The van der Waals surface area contributed by atoms with Crippen LogP contribution < -0.4 is 14.8 Å². The monoisotopic (exact) mass is 502 g/mol. The SMILES string of the molecule is COc1cc(/C=C2\SC(=O)N(Cc3ccccc3C)C2=O)ccc1OCC(=O)Nc1ccc(C)cc1. The van der Waals surface area contributed by atoms with E-state index >= 15 is 0 Å². The maximum atomic E-state index is 12.9. The molecule has 0 atom stereocenters. The molecule has 1 aliphatic heterocycles. The number of nitrogens with one attached hydrogen (secondary N) is 1. The molecular weight excluding hydrogens is 476 g/mol. The maximum Gasteiger partial charge on any atom is 0.293 e. The van der Waals surface area contributed by atoms with E-state index in [4.69, 9.17) is 9.47 Å². The number of thioether (sulfide) groups is 1. The van der Waals surface area contributed by atoms with Crippen LogP contribution in [0.3, 0.4) is 0 Å². The van der Waals surface area contributed by atoms with Crippen molar-refractivity contribution in [3.05, 3.63) is 93.9 Å². The average Bonchev–Trinajstić information content (AvgIpc) is 3.13. The van der Waals surface area contributed by atoms with E-state index in [2.05, 4.69) is 5.32 Å². The Balaban J connectivity index is 1.42. The van der Waals surface area contributed by atoms with Gasteiger partial charge in [0.2, 0.25) is 0 Å². The maximum absolute atomic E-state index is 12.9. The number of nitrogens with zero attached hydrogens (tertiary/aromatic N) is 1. The van der Waals surface area contributed by atoms with Gasteiger partial charge in [0.1, 0.15) is 0 Å². The van der Waals surface area contributed by atoms with Crippen LogP contribution in [0.15, 0.2) is 71.6 Å². The lowest BCUT2D eigenvalue weighted by Crippen LogP contribution is -2.27. The second-order valence-corrected chi connectivity index (χ2v) is 9.30. The van der Waals surface area contributed by atoms with Gasteiger partial charge in [-0.1, -0.05) is 48.0 Å². The average molecular weight is 503 g/mol. The summed E-state index contributed by atoms with van der Waals surface area (Å²) in [5.74, 6) is 0.167. The molecule has 36 heavy (non-hydrogen) atoms. The highest BCUT2D eigenvalue weighted by atomic mass is 32.2. The lowest BCUT2D eigenvalue weighted by molar-refractivity contribution is -0.123. The number of methoxy groups -OCH3 is 1. The first-order valence-electron chi connectivity index (χ1n) is 11.3. The fourth-order valence-electron chi connectivity index (χ4n) is 3.62. The highest BCUT2D eigenvalue weighted by Crippen LogP contribution is 2.35. The number of anilines is 1. The van der Waals surface area contributed by atoms with Gasteiger partial charge in [-0.05, 0) is 72.6 Å². The summed E-state index contributed by atoms with van der Waals surface area (Å²) in [6.07, 6.45) is 1.65. The van der Waals surface area contributed by atoms with E-state index in [9.17, 15) is 14.4 Å². The van der Waals surface area contributed by atoms with Crippen LogP contribution in [-0.2, 0) is 16.1 Å². The Kier molecular flexibility index (Phi) is 7.75. The topological polar surface area (TPSA) is 84.9 Å². The Bertz CT molecular complexity index is 1330. The number of hydrogen-bond acceptors (Lipinski definition) is 6. The molecule has 8 heteroatoms. The van der Waals surface area contributed by atoms with E-state index in [0.29, 0.717) is 27.7 Å². The third kappa shape index (κ3) is 5.95. The van der Waals surface area contributed by atoms with E-state index in [0.717, 1.165) is 28.5 Å². The van der Waals surface area contributed by atoms with Crippen LogP contribution in [0.2, 0.25) is 0 Å². The van der Waals surface area contributed by atoms with Gasteiger partial charge in [-0.3, -0.25) is 19.3 Å². The first-order chi connectivity index (χ1) is 17.3. The summed E-state index contributed by atoms with van der Waals surface area (Å²) in [6.45, 7) is 3.96. The van der Waals surface area contributed by atoms with Crippen LogP contribution in [0.4, 0.5) is 10.5 Å². The largest absolute Gasteiger partial charge is 0.493 e. The molecule has 0 radical (unpaired) electrons. The molecule has 0 saturated carbocycles. The number of carbonyl (C=O) groups is 3. The lowest BCUT2D eigenvalue weighted by atomic mass is 10.1. The molecule has 1 heterocycles. The highest BCUT2D eigenvalue weighted by Gasteiger charge is 2.35. The van der Waals surface area contributed by atoms with Gasteiger partial charge in [0, 0.05) is 5.69 Å². The molecule has 1 aliphatic rings. The molecule has 1 N–H and O–H groups in total. The fourth-order valence-corrected chi connectivity index (χ4v) is 4.45. The summed E-state index contributed by atoms with van der Waals surface area (Å²) >= 11 is 0.909. The van der Waals surface area contributed by atoms with Gasteiger partial charge in [-0.25, -0.2) is 0 Å². The smallest absolute Gasteiger partial charge is 0.293 e. The lowest BCUT2D eigenvalue weighted by Gasteiger charge is -2.14. The zero-order valence-electron chi connectivity index (χ0n) is 20.2. The Morgan fingerprint density at radius 2 is 1.75 bits per heavy atom. The minimum absolute atomic E-state index is 0.193. The molecule has 1 saturated heterocycles. The van der Waals surface area contributed by atoms with Crippen LogP contribution in [-0.4, -0.2) is 35.7 Å². The second-order valence-electron chi connectivity index (χ2n) is 8.31. The van der Waals surface area contributed by atoms with Gasteiger partial charge >= 0.3 is 0 Å². The molecule has 1 fully saturated rings. The van der Waals surface area contributed by atoms with Crippen molar-refractivity contribution in [1.29, 1.82) is 0 Å². The number of aryl methyl sites for hydroxylation is 2. The van der Waals surface area contributed by atoms with E-state index in [-0.39, 0.29) is 30.2 Å². The van der Waals surface area contributed by atoms with Gasteiger partial charge in [0.05, 0.1) is 18.6 Å². The first kappa shape index (κ1) is 25.1. The van der Waals surface area contributed by atoms with Crippen molar-refractivity contribution in [3.8, 4) is 11.5 Å². The Morgan fingerprint density at radius 3 is 2.47 bits per heavy atom. The zero-order chi connectivity index (χ0) is 25.7. The Hall–Kier alpha value is -4.04. The number of benzene rings is 3. The zero-order valence-corrected chi connectivity index (χ0v) is 21.1. The normalized spacial score (nSPS) is 14.3. The molecule has 4 rings (SSSR count). The van der Waals surface area contributed by atoms with Crippen molar-refractivity contribution >= 4 is 40.6 Å². The van der Waals surface area contributed by atoms with E-state index in [1.165, 1.54) is 12.0 Å². The van der Waals surface area contributed by atoms with Crippen molar-refractivity contribution in [2.45, 2.75) is 20.4 Å². The highest BCUT2D eigenvalue weighted by molar-refractivity contribution is 8.18. The predicted octanol–water partition coefficient (Wildman–Crippen LogP) is 5.57. The molecule has 0 aromatic heterocycles. The number of amides is 3. The summed E-state index contributed by atoms with van der Waals surface area (Å²) in [5.41, 5.74) is 4.41. The molecule has 184 valence electrons. The second kappa shape index (κ2) is 11.1. The van der Waals surface area contributed by atoms with Crippen molar-refractivity contribution in [3.63, 3.8) is 0 Å². The summed E-state index contributed by atoms with van der Waals surface area (Å²) < 4.78 is 11.1. The van der Waals surface area contributed by atoms with Gasteiger partial charge in [0.15, 0.2) is 18.1 Å². The molecule has 3 aromatic carbocycles. The van der Waals surface area contributed by atoms with Gasteiger partial charge < -0.3 is 14.8 Å². The number of carbonyl (C=O) groups excluding carboxylic acids is 3. The summed E-state index contributed by atoms with van der Waals surface area (Å²) in [5, 5.41) is 2.47. The van der Waals surface area contributed by atoms with Crippen LogP contribution in [0.5, 0.6) is 11.5 Å². The molecule has 3 aromatic rings. The number of hydrogen-bond donors (Lipinski definition) is 1. The molecule has 0 unspecified atom stereocenters. The van der Waals surface area contributed by atoms with Crippen molar-refractivity contribution < 1.29 is 23.9 Å². The standard InChI is InChI=1S/C28H26N2O5S/c1-18-8-11-22(12-9-18)29-26(31)17-35-23-13-10-20(14-24(23)34-3)15-25-27(32)30(28(33)36-25)16-21-7-5-4-6-19(21)2/h4-15H,16-17H2,1-3H3,(H,29,31)/b25-15-. The van der Waals surface area contributed by atoms with Crippen molar-refractivity contribution in [2.75, 3.05) is 19.0 Å². The van der Waals surface area contributed by atoms with Crippen LogP contribution >= 0.6 is 11.8 Å². The van der Waals surface area contributed by atoms with Gasteiger partial charge in [-0.15, -0.1) is 0 Å². The van der Waals surface area contributed by atoms with Crippen LogP contribution in [0, 0.1) is 13.8 Å². The third-order valence-electron chi connectivity index (χ3n) is 5.64. The number of rotatable bonds is 8. The first-order valence-corrected chi connectivity index (χ1v) is 12.1. The fraction of sp³-hybridized carbons (Fsp3) is 0.179. The van der Waals surface area contributed by atoms with E-state index in [1.54, 1.807) is 24.3 Å². The Labute approximate surface area is 214 Å². The summed E-state index contributed by atoms with van der Waals surface area (Å²) in [7, 11) is 1.49. The number of imide groups is 1. The molecule has 0 bridgehead atoms. The van der Waals surface area contributed by atoms with Crippen LogP contribution in [0.25, 0.3) is 6.08 Å². The molecule has 3 amide bonds. The minimum Gasteiger partial charge on any atom is -0.493 e. The summed E-state index contributed by atoms with van der Waals surface area (Å²) in [4.78, 5) is 39.3. The molecule has 0 aliphatic carbocycles. The number of ether oxygens (including phenoxy) is 2. The predicted molar refractivity (Wildman–Crippen MR) is 141 cm³/mol. The van der Waals surface area contributed by atoms with Crippen LogP contribution in [0.1, 0.15) is 22.3 Å². The molecule has 0 spiro atoms. The third-order valence-corrected chi connectivity index (χ3v) is 6.55. The van der Waals surface area contributed by atoms with E-state index < -0.39 is 0 Å². The summed E-state index contributed by atoms with van der Waals surface area (Å²) in [6, 6.07) is 20.2. The van der Waals surface area contributed by atoms with Crippen molar-refractivity contribution in [2.24, 2.45) is 0 Å². The van der Waals surface area contributed by atoms with E-state index in [1.807, 2.05) is 62.4 Å².